The van der Waals surface area contributed by atoms with Gasteiger partial charge in [-0.15, -0.1) is 0 Å². The van der Waals surface area contributed by atoms with Gasteiger partial charge in [-0.1, -0.05) is 36.8 Å². The van der Waals surface area contributed by atoms with E-state index in [2.05, 4.69) is 76.0 Å². The fourth-order valence-electron chi connectivity index (χ4n) is 1.74. The SMILES string of the molecule is CCCNc1nc(Cc2ccc(C)cc2)ncc1I. The predicted octanol–water partition coefficient (Wildman–Crippen LogP) is 3.80. The van der Waals surface area contributed by atoms with Crippen LogP contribution >= 0.6 is 22.6 Å². The summed E-state index contributed by atoms with van der Waals surface area (Å²) in [6, 6.07) is 8.52. The van der Waals surface area contributed by atoms with E-state index < -0.39 is 0 Å². The summed E-state index contributed by atoms with van der Waals surface area (Å²) in [6.45, 7) is 5.18. The zero-order chi connectivity index (χ0) is 13.7. The van der Waals surface area contributed by atoms with E-state index in [1.165, 1.54) is 11.1 Å². The van der Waals surface area contributed by atoms with Crippen molar-refractivity contribution in [3.8, 4) is 0 Å². The minimum Gasteiger partial charge on any atom is -0.369 e. The molecular formula is C15H18IN3. The van der Waals surface area contributed by atoms with Gasteiger partial charge in [-0.3, -0.25) is 0 Å². The molecule has 0 aliphatic carbocycles. The minimum atomic E-state index is 0.776. The Morgan fingerprint density at radius 1 is 1.21 bits per heavy atom. The summed E-state index contributed by atoms with van der Waals surface area (Å²) in [5, 5.41) is 3.34. The lowest BCUT2D eigenvalue weighted by Crippen LogP contribution is -2.07. The predicted molar refractivity (Wildman–Crippen MR) is 87.5 cm³/mol. The van der Waals surface area contributed by atoms with Crippen molar-refractivity contribution in [3.63, 3.8) is 0 Å². The summed E-state index contributed by atoms with van der Waals surface area (Å²) >= 11 is 2.26. The molecule has 1 aromatic heterocycles. The molecule has 0 bridgehead atoms. The largest absolute Gasteiger partial charge is 0.369 e. The molecule has 0 atom stereocenters. The zero-order valence-corrected chi connectivity index (χ0v) is 13.4. The number of aromatic nitrogens is 2. The summed E-state index contributed by atoms with van der Waals surface area (Å²) in [5.41, 5.74) is 2.52. The number of benzene rings is 1. The van der Waals surface area contributed by atoms with Crippen LogP contribution in [0.1, 0.15) is 30.3 Å². The van der Waals surface area contributed by atoms with Gasteiger partial charge in [0.25, 0.3) is 0 Å². The van der Waals surface area contributed by atoms with Crippen molar-refractivity contribution in [1.82, 2.24) is 9.97 Å². The molecule has 2 aromatic rings. The first kappa shape index (κ1) is 14.2. The first-order chi connectivity index (χ1) is 9.19. The molecule has 0 aliphatic rings. The zero-order valence-electron chi connectivity index (χ0n) is 11.3. The van der Waals surface area contributed by atoms with Gasteiger partial charge in [0.05, 0.1) is 3.57 Å². The van der Waals surface area contributed by atoms with Crippen LogP contribution in [-0.2, 0) is 6.42 Å². The standard InChI is InChI=1S/C15H18IN3/c1-3-8-17-15-13(16)10-18-14(19-15)9-12-6-4-11(2)5-7-12/h4-7,10H,3,8-9H2,1-2H3,(H,17,18,19). The summed E-state index contributed by atoms with van der Waals surface area (Å²) in [6.07, 6.45) is 3.75. The van der Waals surface area contributed by atoms with Gasteiger partial charge in [0, 0.05) is 19.2 Å². The van der Waals surface area contributed by atoms with Crippen LogP contribution in [0.3, 0.4) is 0 Å². The normalized spacial score (nSPS) is 10.5. The van der Waals surface area contributed by atoms with Gasteiger partial charge in [-0.25, -0.2) is 9.97 Å². The number of anilines is 1. The first-order valence-corrected chi connectivity index (χ1v) is 7.57. The maximum absolute atomic E-state index is 4.60. The van der Waals surface area contributed by atoms with Crippen LogP contribution in [0.4, 0.5) is 5.82 Å². The lowest BCUT2D eigenvalue weighted by atomic mass is 10.1. The van der Waals surface area contributed by atoms with Crippen molar-refractivity contribution in [2.45, 2.75) is 26.7 Å². The van der Waals surface area contributed by atoms with Crippen molar-refractivity contribution in [2.75, 3.05) is 11.9 Å². The lowest BCUT2D eigenvalue weighted by Gasteiger charge is -2.08. The number of aryl methyl sites for hydroxylation is 1. The Hall–Kier alpha value is -1.17. The Balaban J connectivity index is 2.14. The molecule has 1 N–H and O–H groups in total. The Morgan fingerprint density at radius 2 is 1.95 bits per heavy atom. The van der Waals surface area contributed by atoms with E-state index in [1.807, 2.05) is 6.20 Å². The molecule has 0 saturated heterocycles. The van der Waals surface area contributed by atoms with Crippen molar-refractivity contribution in [2.24, 2.45) is 0 Å². The van der Waals surface area contributed by atoms with Crippen LogP contribution in [0.2, 0.25) is 0 Å². The highest BCUT2D eigenvalue weighted by molar-refractivity contribution is 14.1. The van der Waals surface area contributed by atoms with Crippen molar-refractivity contribution < 1.29 is 0 Å². The van der Waals surface area contributed by atoms with E-state index in [4.69, 9.17) is 0 Å². The van der Waals surface area contributed by atoms with Crippen LogP contribution in [-0.4, -0.2) is 16.5 Å². The van der Waals surface area contributed by atoms with E-state index in [0.717, 1.165) is 34.6 Å². The molecule has 100 valence electrons. The van der Waals surface area contributed by atoms with E-state index >= 15 is 0 Å². The second kappa shape index (κ2) is 6.84. The summed E-state index contributed by atoms with van der Waals surface area (Å²) < 4.78 is 1.07. The van der Waals surface area contributed by atoms with Gasteiger partial charge in [0.2, 0.25) is 0 Å². The summed E-state index contributed by atoms with van der Waals surface area (Å²) in [5.74, 6) is 1.81. The van der Waals surface area contributed by atoms with Crippen LogP contribution in [0, 0.1) is 10.5 Å². The molecule has 0 unspecified atom stereocenters. The Morgan fingerprint density at radius 3 is 2.63 bits per heavy atom. The van der Waals surface area contributed by atoms with E-state index in [0.29, 0.717) is 0 Å². The van der Waals surface area contributed by atoms with Crippen molar-refractivity contribution in [1.29, 1.82) is 0 Å². The van der Waals surface area contributed by atoms with Crippen LogP contribution < -0.4 is 5.32 Å². The summed E-state index contributed by atoms with van der Waals surface area (Å²) in [4.78, 5) is 9.00. The molecule has 0 saturated carbocycles. The average molecular weight is 367 g/mol. The second-order valence-corrected chi connectivity index (χ2v) is 5.73. The number of halogens is 1. The quantitative estimate of drug-likeness (QED) is 0.817. The maximum atomic E-state index is 4.60. The molecule has 3 nitrogen and oxygen atoms in total. The molecular weight excluding hydrogens is 349 g/mol. The van der Waals surface area contributed by atoms with Gasteiger partial charge in [0.15, 0.2) is 0 Å². The minimum absolute atomic E-state index is 0.776. The highest BCUT2D eigenvalue weighted by Crippen LogP contribution is 2.16. The molecule has 19 heavy (non-hydrogen) atoms. The van der Waals surface area contributed by atoms with Crippen LogP contribution in [0.25, 0.3) is 0 Å². The first-order valence-electron chi connectivity index (χ1n) is 6.50. The van der Waals surface area contributed by atoms with Gasteiger partial charge in [-0.05, 0) is 41.5 Å². The third-order valence-electron chi connectivity index (χ3n) is 2.82. The van der Waals surface area contributed by atoms with Crippen molar-refractivity contribution >= 4 is 28.4 Å². The molecule has 0 radical (unpaired) electrons. The van der Waals surface area contributed by atoms with Gasteiger partial charge >= 0.3 is 0 Å². The number of nitrogens with zero attached hydrogens (tertiary/aromatic N) is 2. The number of nitrogens with one attached hydrogen (secondary N) is 1. The third-order valence-corrected chi connectivity index (χ3v) is 3.61. The molecule has 0 spiro atoms. The lowest BCUT2D eigenvalue weighted by molar-refractivity contribution is 0.926. The molecule has 1 heterocycles. The van der Waals surface area contributed by atoms with E-state index in [1.54, 1.807) is 0 Å². The smallest absolute Gasteiger partial charge is 0.143 e. The number of rotatable bonds is 5. The van der Waals surface area contributed by atoms with Crippen LogP contribution in [0.15, 0.2) is 30.5 Å². The monoisotopic (exact) mass is 367 g/mol. The van der Waals surface area contributed by atoms with E-state index in [9.17, 15) is 0 Å². The Kier molecular flexibility index (Phi) is 5.13. The number of hydrogen-bond donors (Lipinski definition) is 1. The maximum Gasteiger partial charge on any atom is 0.143 e. The molecule has 0 amide bonds. The highest BCUT2D eigenvalue weighted by Gasteiger charge is 2.05. The molecule has 2 rings (SSSR count). The Labute approximate surface area is 128 Å². The molecule has 0 aliphatic heterocycles. The molecule has 4 heteroatoms. The summed E-state index contributed by atoms with van der Waals surface area (Å²) in [7, 11) is 0. The molecule has 0 fully saturated rings. The van der Waals surface area contributed by atoms with Gasteiger partial charge in [0.1, 0.15) is 11.6 Å². The number of hydrogen-bond acceptors (Lipinski definition) is 3. The van der Waals surface area contributed by atoms with Crippen molar-refractivity contribution in [3.05, 3.63) is 51.0 Å². The van der Waals surface area contributed by atoms with E-state index in [-0.39, 0.29) is 0 Å². The topological polar surface area (TPSA) is 37.8 Å². The Bertz CT molecular complexity index is 538. The third kappa shape index (κ3) is 4.16. The van der Waals surface area contributed by atoms with Gasteiger partial charge < -0.3 is 5.32 Å². The van der Waals surface area contributed by atoms with Crippen LogP contribution in [0.5, 0.6) is 0 Å². The molecule has 1 aromatic carbocycles. The average Bonchev–Trinajstić information content (AvgIpc) is 2.42. The van der Waals surface area contributed by atoms with Gasteiger partial charge in [-0.2, -0.15) is 0 Å². The highest BCUT2D eigenvalue weighted by atomic mass is 127. The fraction of sp³-hybridized carbons (Fsp3) is 0.333. The second-order valence-electron chi connectivity index (χ2n) is 4.57. The fourth-order valence-corrected chi connectivity index (χ4v) is 2.20.